The Morgan fingerprint density at radius 1 is 0.757 bits per heavy atom. The number of nitrogen functional groups attached to an aromatic ring is 1. The normalized spacial score (nSPS) is 20.6. The van der Waals surface area contributed by atoms with Gasteiger partial charge in [0, 0.05) is 19.0 Å². The number of carbonyl (C=O) groups excluding carboxylic acids is 2. The van der Waals surface area contributed by atoms with Crippen LogP contribution in [0.5, 0.6) is 0 Å². The molecule has 1 saturated heterocycles. The summed E-state index contributed by atoms with van der Waals surface area (Å²) in [6, 6.07) is 1.24. The fourth-order valence-electron chi connectivity index (χ4n) is 7.14. The van der Waals surface area contributed by atoms with E-state index in [1.54, 1.807) is 0 Å². The van der Waals surface area contributed by atoms with E-state index in [4.69, 9.17) is 29.0 Å². The highest BCUT2D eigenvalue weighted by molar-refractivity contribution is 7.61. The predicted molar refractivity (Wildman–Crippen MR) is 267 cm³/mol. The van der Waals surface area contributed by atoms with E-state index in [1.807, 2.05) is 25.2 Å². The number of aliphatic hydroxyl groups is 3. The molecule has 9 atom stereocenters. The van der Waals surface area contributed by atoms with Crippen LogP contribution in [0.25, 0.3) is 0 Å². The third kappa shape index (κ3) is 29.3. The highest BCUT2D eigenvalue weighted by atomic mass is 31.3. The van der Waals surface area contributed by atoms with Gasteiger partial charge in [-0.05, 0) is 69.8 Å². The van der Waals surface area contributed by atoms with Gasteiger partial charge in [-0.1, -0.05) is 140 Å². The summed E-state index contributed by atoms with van der Waals surface area (Å²) in [5.41, 5.74) is 4.58. The molecule has 0 aromatic carbocycles. The number of aromatic nitrogens is 2. The van der Waals surface area contributed by atoms with Crippen LogP contribution in [0.3, 0.4) is 0 Å². The van der Waals surface area contributed by atoms with E-state index >= 15 is 0 Å². The van der Waals surface area contributed by atoms with Crippen molar-refractivity contribution in [3.8, 4) is 0 Å². The molecule has 0 bridgehead atoms. The molecule has 0 saturated carbocycles. The van der Waals surface area contributed by atoms with Gasteiger partial charge in [0.15, 0.2) is 12.3 Å². The van der Waals surface area contributed by atoms with Gasteiger partial charge in [-0.15, -0.1) is 0 Å². The standard InChI is InChI=1S/C49H83N3O16P2/c1-4-39(3)30-26-22-18-14-12-13-17-21-25-29-33-45(55)66-41(36-63-44(54)32-28-24-20-16-11-9-7-6-8-10-15-19-23-27-31-40(53)5-2)37-64-69(59,60)68-70(61,62)65-38-42-46(56)47(57)48(67-42)52-35-34-43(50)51-49(52)58/h7-10,16,19-20,23,34-35,39-42,46-48,53,56-57H,4-6,11-15,17-18,21-22,24-33,36-38H2,1-3H3,(H,59,60)(H,61,62)(H2,50,51,58)/b9-7-,10-8-,20-16-,23-19-/t39?,40-,41+,42+,46+,47+,48+/m0/s1. The molecular formula is C49H83N3O16P2. The molecule has 1 fully saturated rings. The van der Waals surface area contributed by atoms with Gasteiger partial charge >= 0.3 is 33.3 Å². The summed E-state index contributed by atoms with van der Waals surface area (Å²) in [5.74, 6) is -0.594. The Labute approximate surface area is 414 Å². The molecule has 0 spiro atoms. The molecule has 0 amide bonds. The third-order valence-electron chi connectivity index (χ3n) is 11.6. The molecule has 19 nitrogen and oxygen atoms in total. The lowest BCUT2D eigenvalue weighted by Gasteiger charge is -2.21. The largest absolute Gasteiger partial charge is 0.481 e. The Morgan fingerprint density at radius 3 is 1.91 bits per heavy atom. The summed E-state index contributed by atoms with van der Waals surface area (Å²) in [4.78, 5) is 61.8. The Kier molecular flexibility index (Phi) is 32.8. The number of nitrogens with zero attached hydrogens (tertiary/aromatic N) is 2. The zero-order valence-electron chi connectivity index (χ0n) is 41.6. The summed E-state index contributed by atoms with van der Waals surface area (Å²) in [6.07, 6.45) is 28.6. The highest BCUT2D eigenvalue weighted by Crippen LogP contribution is 2.60. The number of aliphatic hydroxyl groups excluding tert-OH is 3. The second-order valence-corrected chi connectivity index (χ2v) is 20.7. The Balaban J connectivity index is 1.83. The maximum Gasteiger partial charge on any atom is 0.481 e. The van der Waals surface area contributed by atoms with Gasteiger partial charge in [0.05, 0.1) is 19.3 Å². The fourth-order valence-corrected chi connectivity index (χ4v) is 9.25. The van der Waals surface area contributed by atoms with Crippen molar-refractivity contribution in [1.82, 2.24) is 9.55 Å². The number of anilines is 1. The van der Waals surface area contributed by atoms with Crippen LogP contribution in [-0.4, -0.2) is 96.9 Å². The number of phosphoric acid groups is 2. The lowest BCUT2D eigenvalue weighted by molar-refractivity contribution is -0.161. The predicted octanol–water partition coefficient (Wildman–Crippen LogP) is 8.99. The summed E-state index contributed by atoms with van der Waals surface area (Å²) >= 11 is 0. The van der Waals surface area contributed by atoms with Crippen LogP contribution >= 0.6 is 15.6 Å². The van der Waals surface area contributed by atoms with Crippen molar-refractivity contribution in [2.24, 2.45) is 5.92 Å². The Bertz CT molecular complexity index is 1890. The van der Waals surface area contributed by atoms with Gasteiger partial charge in [-0.25, -0.2) is 13.9 Å². The number of ether oxygens (including phenoxy) is 3. The summed E-state index contributed by atoms with van der Waals surface area (Å²) in [5, 5.41) is 30.5. The number of carbonyl (C=O) groups is 2. The van der Waals surface area contributed by atoms with Crippen LogP contribution in [0.2, 0.25) is 0 Å². The van der Waals surface area contributed by atoms with Crippen molar-refractivity contribution >= 4 is 33.4 Å². The smallest absolute Gasteiger partial charge is 0.462 e. The third-order valence-corrected chi connectivity index (χ3v) is 14.2. The van der Waals surface area contributed by atoms with Gasteiger partial charge in [0.2, 0.25) is 0 Å². The molecule has 0 radical (unpaired) electrons. The number of esters is 2. The van der Waals surface area contributed by atoms with Crippen LogP contribution in [0, 0.1) is 5.92 Å². The van der Waals surface area contributed by atoms with E-state index in [0.29, 0.717) is 19.3 Å². The Morgan fingerprint density at radius 2 is 1.31 bits per heavy atom. The highest BCUT2D eigenvalue weighted by Gasteiger charge is 2.46. The lowest BCUT2D eigenvalue weighted by atomic mass is 9.99. The topological polar surface area (TPSA) is 286 Å². The van der Waals surface area contributed by atoms with Crippen LogP contribution in [0.15, 0.2) is 65.7 Å². The zero-order valence-corrected chi connectivity index (χ0v) is 43.4. The van der Waals surface area contributed by atoms with Crippen LogP contribution < -0.4 is 11.4 Å². The Hall–Kier alpha value is -3.32. The van der Waals surface area contributed by atoms with Gasteiger partial charge in [0.1, 0.15) is 30.7 Å². The van der Waals surface area contributed by atoms with Gasteiger partial charge in [-0.3, -0.25) is 23.2 Å². The number of unbranched alkanes of at least 4 members (excludes halogenated alkanes) is 10. The summed E-state index contributed by atoms with van der Waals surface area (Å²) in [7, 11) is -10.9. The van der Waals surface area contributed by atoms with E-state index in [0.717, 1.165) is 80.9 Å². The SMILES string of the molecule is CCC(C)CCCCCCCCCCCCC(=O)O[C@H](COC(=O)CCC/C=C\C/C=C\C/C=C\C/C=C\CC[C@@H](O)CC)COP(=O)(O)OP(=O)(O)OC[C@H]1O[C@@H](n2ccc(N)nc2=O)[C@H](O)[C@@H]1O. The molecule has 7 N–H and O–H groups in total. The second-order valence-electron chi connectivity index (χ2n) is 17.7. The van der Waals surface area contributed by atoms with Crippen LogP contribution in [-0.2, 0) is 46.3 Å². The number of allylic oxidation sites excluding steroid dienone is 8. The molecule has 1 aromatic rings. The molecule has 21 heteroatoms. The van der Waals surface area contributed by atoms with E-state index < -0.39 is 83.7 Å². The maximum absolute atomic E-state index is 12.8. The average Bonchev–Trinajstić information content (AvgIpc) is 3.59. The first-order valence-corrected chi connectivity index (χ1v) is 28.1. The molecule has 1 aliphatic rings. The summed E-state index contributed by atoms with van der Waals surface area (Å²) in [6.45, 7) is 4.12. The van der Waals surface area contributed by atoms with Crippen LogP contribution in [0.1, 0.15) is 168 Å². The maximum atomic E-state index is 12.8. The molecule has 3 unspecified atom stereocenters. The van der Waals surface area contributed by atoms with E-state index in [1.165, 1.54) is 51.0 Å². The molecule has 70 heavy (non-hydrogen) atoms. The van der Waals surface area contributed by atoms with Crippen LogP contribution in [0.4, 0.5) is 5.82 Å². The van der Waals surface area contributed by atoms with Crippen molar-refractivity contribution in [2.45, 2.75) is 199 Å². The van der Waals surface area contributed by atoms with Gasteiger partial charge in [-0.2, -0.15) is 9.29 Å². The fraction of sp³-hybridized carbons (Fsp3) is 0.714. The number of hydrogen-bond donors (Lipinski definition) is 6. The quantitative estimate of drug-likeness (QED) is 0.0155. The first-order chi connectivity index (χ1) is 33.5. The van der Waals surface area contributed by atoms with Crippen molar-refractivity contribution in [1.29, 1.82) is 0 Å². The number of nitrogens with two attached hydrogens (primary N) is 1. The number of phosphoric ester groups is 2. The minimum Gasteiger partial charge on any atom is -0.462 e. The van der Waals surface area contributed by atoms with Crippen molar-refractivity contribution < 1.29 is 71.4 Å². The monoisotopic (exact) mass is 1030 g/mol. The van der Waals surface area contributed by atoms with Gasteiger partial charge < -0.3 is 45.1 Å². The van der Waals surface area contributed by atoms with E-state index in [-0.39, 0.29) is 24.8 Å². The van der Waals surface area contributed by atoms with E-state index in [9.17, 15) is 48.6 Å². The molecule has 400 valence electrons. The molecule has 1 aliphatic heterocycles. The van der Waals surface area contributed by atoms with Crippen molar-refractivity contribution in [3.05, 3.63) is 71.4 Å². The van der Waals surface area contributed by atoms with Gasteiger partial charge in [0.25, 0.3) is 0 Å². The number of hydrogen-bond acceptors (Lipinski definition) is 16. The van der Waals surface area contributed by atoms with E-state index in [2.05, 4.69) is 53.5 Å². The first-order valence-electron chi connectivity index (χ1n) is 25.1. The second kappa shape index (κ2) is 36.6. The van der Waals surface area contributed by atoms with Crippen molar-refractivity contribution in [2.75, 3.05) is 25.6 Å². The van der Waals surface area contributed by atoms with Crippen molar-refractivity contribution in [3.63, 3.8) is 0 Å². The molecule has 2 heterocycles. The first kappa shape index (κ1) is 62.8. The molecule has 0 aliphatic carbocycles. The minimum atomic E-state index is -5.44. The average molecular weight is 1030 g/mol. The number of rotatable bonds is 40. The zero-order chi connectivity index (χ0) is 51.6. The molecular weight excluding hydrogens is 948 g/mol. The lowest BCUT2D eigenvalue weighted by Crippen LogP contribution is -2.36. The molecule has 2 rings (SSSR count). The summed E-state index contributed by atoms with van der Waals surface area (Å²) < 4.78 is 56.7. The molecule has 1 aromatic heterocycles. The minimum absolute atomic E-state index is 0.0316.